The topological polar surface area (TPSA) is 78.0 Å². The number of halogens is 1. The number of nitrogens with one attached hydrogen (secondary N) is 2. The number of aromatic nitrogens is 2. The third-order valence-corrected chi connectivity index (χ3v) is 3.30. The van der Waals surface area contributed by atoms with E-state index in [-0.39, 0.29) is 24.4 Å². The largest absolute Gasteiger partial charge is 0.396 e. The number of hydrogen-bond donors (Lipinski definition) is 3. The highest BCUT2D eigenvalue weighted by Crippen LogP contribution is 2.15. The minimum absolute atomic E-state index is 0.0396. The van der Waals surface area contributed by atoms with Crippen LogP contribution in [-0.4, -0.2) is 33.6 Å². The standard InChI is InChI=1S/C15H20FN3O2/c1-10(4-3-9-20)17-14(21)8-7-13-18-12-6-2-5-11(16)15(12)19-13/h2,5-6,10,20H,3-4,7-9H2,1H3,(H,17,21)(H,18,19). The molecule has 5 nitrogen and oxygen atoms in total. The number of hydrogen-bond acceptors (Lipinski definition) is 3. The second-order valence-corrected chi connectivity index (χ2v) is 5.15. The smallest absolute Gasteiger partial charge is 0.220 e. The second kappa shape index (κ2) is 7.17. The lowest BCUT2D eigenvalue weighted by atomic mass is 10.2. The Hall–Kier alpha value is -1.95. The zero-order chi connectivity index (χ0) is 15.2. The van der Waals surface area contributed by atoms with Crippen LogP contribution < -0.4 is 5.32 Å². The SMILES string of the molecule is CC(CCCO)NC(=O)CCc1nc2c(F)cccc2[nH]1. The van der Waals surface area contributed by atoms with Gasteiger partial charge in [-0.15, -0.1) is 0 Å². The highest BCUT2D eigenvalue weighted by Gasteiger charge is 2.10. The molecular formula is C15H20FN3O2. The zero-order valence-corrected chi connectivity index (χ0v) is 12.0. The summed E-state index contributed by atoms with van der Waals surface area (Å²) in [4.78, 5) is 19.0. The lowest BCUT2D eigenvalue weighted by Gasteiger charge is -2.12. The Kier molecular flexibility index (Phi) is 5.27. The molecule has 0 spiro atoms. The number of rotatable bonds is 7. The number of fused-ring (bicyclic) bond motifs is 1. The Morgan fingerprint density at radius 1 is 1.52 bits per heavy atom. The summed E-state index contributed by atoms with van der Waals surface area (Å²) in [6, 6.07) is 4.78. The number of aliphatic hydroxyl groups excluding tert-OH is 1. The first-order valence-corrected chi connectivity index (χ1v) is 7.13. The van der Waals surface area contributed by atoms with Gasteiger partial charge in [0.05, 0.1) is 5.52 Å². The molecule has 1 aromatic heterocycles. The predicted molar refractivity (Wildman–Crippen MR) is 78.3 cm³/mol. The summed E-state index contributed by atoms with van der Waals surface area (Å²) >= 11 is 0. The van der Waals surface area contributed by atoms with E-state index >= 15 is 0 Å². The molecular weight excluding hydrogens is 273 g/mol. The van der Waals surface area contributed by atoms with E-state index in [1.54, 1.807) is 12.1 Å². The number of aliphatic hydroxyl groups is 1. The van der Waals surface area contributed by atoms with Crippen molar-refractivity contribution in [3.8, 4) is 0 Å². The van der Waals surface area contributed by atoms with E-state index in [2.05, 4.69) is 15.3 Å². The maximum atomic E-state index is 13.5. The minimum atomic E-state index is -0.364. The third kappa shape index (κ3) is 4.26. The van der Waals surface area contributed by atoms with E-state index in [9.17, 15) is 9.18 Å². The van der Waals surface area contributed by atoms with Gasteiger partial charge < -0.3 is 15.4 Å². The Morgan fingerprint density at radius 2 is 2.33 bits per heavy atom. The van der Waals surface area contributed by atoms with Gasteiger partial charge in [-0.2, -0.15) is 0 Å². The first-order valence-electron chi connectivity index (χ1n) is 7.13. The van der Waals surface area contributed by atoms with Gasteiger partial charge in [-0.05, 0) is 31.9 Å². The van der Waals surface area contributed by atoms with Crippen LogP contribution in [0.1, 0.15) is 32.0 Å². The van der Waals surface area contributed by atoms with Crippen molar-refractivity contribution in [2.24, 2.45) is 0 Å². The van der Waals surface area contributed by atoms with Crippen LogP contribution in [0, 0.1) is 5.82 Å². The molecule has 0 saturated carbocycles. The van der Waals surface area contributed by atoms with E-state index in [4.69, 9.17) is 5.11 Å². The quantitative estimate of drug-likeness (QED) is 0.729. The van der Waals surface area contributed by atoms with Gasteiger partial charge in [-0.1, -0.05) is 6.07 Å². The van der Waals surface area contributed by atoms with Crippen LogP contribution in [0.4, 0.5) is 4.39 Å². The van der Waals surface area contributed by atoms with Gasteiger partial charge in [0.15, 0.2) is 5.82 Å². The van der Waals surface area contributed by atoms with Crippen LogP contribution in [0.25, 0.3) is 11.0 Å². The molecule has 21 heavy (non-hydrogen) atoms. The Bertz CT molecular complexity index is 612. The van der Waals surface area contributed by atoms with Gasteiger partial charge in [0.2, 0.25) is 5.91 Å². The molecule has 1 aromatic carbocycles. The van der Waals surface area contributed by atoms with E-state index in [0.29, 0.717) is 36.1 Å². The van der Waals surface area contributed by atoms with Crippen LogP contribution in [0.15, 0.2) is 18.2 Å². The number of carbonyl (C=O) groups is 1. The van der Waals surface area contributed by atoms with Crippen molar-refractivity contribution in [1.29, 1.82) is 0 Å². The summed E-state index contributed by atoms with van der Waals surface area (Å²) in [6.07, 6.45) is 2.15. The Morgan fingerprint density at radius 3 is 3.05 bits per heavy atom. The van der Waals surface area contributed by atoms with E-state index < -0.39 is 0 Å². The van der Waals surface area contributed by atoms with Crippen molar-refractivity contribution in [2.45, 2.75) is 38.6 Å². The molecule has 0 aliphatic heterocycles. The number of aryl methyl sites for hydroxylation is 1. The van der Waals surface area contributed by atoms with Gasteiger partial charge in [0.25, 0.3) is 0 Å². The fraction of sp³-hybridized carbons (Fsp3) is 0.467. The molecule has 0 aliphatic rings. The summed E-state index contributed by atoms with van der Waals surface area (Å²) < 4.78 is 13.5. The maximum absolute atomic E-state index is 13.5. The number of amides is 1. The van der Waals surface area contributed by atoms with Crippen molar-refractivity contribution in [3.63, 3.8) is 0 Å². The third-order valence-electron chi connectivity index (χ3n) is 3.30. The molecule has 1 unspecified atom stereocenters. The number of carbonyl (C=O) groups excluding carboxylic acids is 1. The summed E-state index contributed by atoms with van der Waals surface area (Å²) in [6.45, 7) is 2.04. The van der Waals surface area contributed by atoms with E-state index in [1.807, 2.05) is 6.92 Å². The fourth-order valence-corrected chi connectivity index (χ4v) is 2.22. The van der Waals surface area contributed by atoms with Gasteiger partial charge in [0.1, 0.15) is 11.3 Å². The van der Waals surface area contributed by atoms with Gasteiger partial charge in [-0.3, -0.25) is 4.79 Å². The first-order chi connectivity index (χ1) is 10.1. The molecule has 2 aromatic rings. The van der Waals surface area contributed by atoms with Crippen molar-refractivity contribution >= 4 is 16.9 Å². The Balaban J connectivity index is 1.86. The molecule has 114 valence electrons. The van der Waals surface area contributed by atoms with Crippen LogP contribution >= 0.6 is 0 Å². The lowest BCUT2D eigenvalue weighted by Crippen LogP contribution is -2.32. The molecule has 1 atom stereocenters. The average molecular weight is 293 g/mol. The molecule has 1 amide bonds. The average Bonchev–Trinajstić information content (AvgIpc) is 2.87. The van der Waals surface area contributed by atoms with Gasteiger partial charge in [0, 0.05) is 25.5 Å². The number of nitrogens with zero attached hydrogens (tertiary/aromatic N) is 1. The number of H-pyrrole nitrogens is 1. The van der Waals surface area contributed by atoms with Gasteiger partial charge >= 0.3 is 0 Å². The molecule has 2 rings (SSSR count). The van der Waals surface area contributed by atoms with Gasteiger partial charge in [-0.25, -0.2) is 9.37 Å². The summed E-state index contributed by atoms with van der Waals surface area (Å²) in [7, 11) is 0. The van der Waals surface area contributed by atoms with Crippen LogP contribution in [0.5, 0.6) is 0 Å². The highest BCUT2D eigenvalue weighted by molar-refractivity contribution is 5.77. The number of para-hydroxylation sites is 1. The van der Waals surface area contributed by atoms with Crippen LogP contribution in [0.2, 0.25) is 0 Å². The van der Waals surface area contributed by atoms with E-state index in [1.165, 1.54) is 6.07 Å². The number of imidazole rings is 1. The molecule has 0 aliphatic carbocycles. The summed E-state index contributed by atoms with van der Waals surface area (Å²) in [5.74, 6) is 0.173. The van der Waals surface area contributed by atoms with Crippen molar-refractivity contribution in [3.05, 3.63) is 29.8 Å². The summed E-state index contributed by atoms with van der Waals surface area (Å²) in [5, 5.41) is 11.6. The molecule has 0 bridgehead atoms. The summed E-state index contributed by atoms with van der Waals surface area (Å²) in [5.41, 5.74) is 0.950. The molecule has 3 N–H and O–H groups in total. The predicted octanol–water partition coefficient (Wildman–Crippen LogP) is 1.91. The monoisotopic (exact) mass is 293 g/mol. The normalized spacial score (nSPS) is 12.5. The Labute approximate surface area is 122 Å². The van der Waals surface area contributed by atoms with Crippen molar-refractivity contribution in [2.75, 3.05) is 6.61 Å². The minimum Gasteiger partial charge on any atom is -0.396 e. The maximum Gasteiger partial charge on any atom is 0.220 e. The fourth-order valence-electron chi connectivity index (χ4n) is 2.22. The van der Waals surface area contributed by atoms with Crippen LogP contribution in [0.3, 0.4) is 0 Å². The number of aromatic amines is 1. The molecule has 1 heterocycles. The number of benzene rings is 1. The molecule has 0 radical (unpaired) electrons. The molecule has 0 saturated heterocycles. The highest BCUT2D eigenvalue weighted by atomic mass is 19.1. The molecule has 0 fully saturated rings. The second-order valence-electron chi connectivity index (χ2n) is 5.15. The van der Waals surface area contributed by atoms with Crippen molar-refractivity contribution in [1.82, 2.24) is 15.3 Å². The van der Waals surface area contributed by atoms with Crippen LogP contribution in [-0.2, 0) is 11.2 Å². The van der Waals surface area contributed by atoms with E-state index in [0.717, 1.165) is 6.42 Å². The lowest BCUT2D eigenvalue weighted by molar-refractivity contribution is -0.121. The zero-order valence-electron chi connectivity index (χ0n) is 12.0. The first kappa shape index (κ1) is 15.4. The van der Waals surface area contributed by atoms with Crippen molar-refractivity contribution < 1.29 is 14.3 Å². The molecule has 6 heteroatoms.